The predicted octanol–water partition coefficient (Wildman–Crippen LogP) is 4.82. The molecule has 0 aromatic heterocycles. The molecule has 140 valence electrons. The molecule has 0 N–H and O–H groups in total. The van der Waals surface area contributed by atoms with Gasteiger partial charge in [0.05, 0.1) is 25.5 Å². The average molecular weight is 355 g/mol. The molecule has 0 spiro atoms. The summed E-state index contributed by atoms with van der Waals surface area (Å²) in [6, 6.07) is 16.4. The van der Waals surface area contributed by atoms with Crippen molar-refractivity contribution in [1.82, 2.24) is 0 Å². The van der Waals surface area contributed by atoms with Gasteiger partial charge in [0.15, 0.2) is 0 Å². The second kappa shape index (κ2) is 12.2. The fourth-order valence-corrected chi connectivity index (χ4v) is 2.39. The van der Waals surface area contributed by atoms with Crippen LogP contribution in [0.2, 0.25) is 0 Å². The first-order chi connectivity index (χ1) is 12.8. The van der Waals surface area contributed by atoms with Crippen molar-refractivity contribution >= 4 is 11.9 Å². The zero-order valence-electron chi connectivity index (χ0n) is 15.8. The molecular formula is C22H29NO3. The molecule has 0 amide bonds. The van der Waals surface area contributed by atoms with Crippen LogP contribution < -0.4 is 4.74 Å². The highest BCUT2D eigenvalue weighted by atomic mass is 16.5. The second-order valence-electron chi connectivity index (χ2n) is 6.05. The summed E-state index contributed by atoms with van der Waals surface area (Å²) in [4.78, 5) is 4.53. The molecule has 26 heavy (non-hydrogen) atoms. The van der Waals surface area contributed by atoms with E-state index in [4.69, 9.17) is 14.2 Å². The third-order valence-corrected chi connectivity index (χ3v) is 3.93. The Labute approximate surface area is 156 Å². The van der Waals surface area contributed by atoms with Crippen LogP contribution in [-0.2, 0) is 15.9 Å². The van der Waals surface area contributed by atoms with E-state index in [-0.39, 0.29) is 0 Å². The Morgan fingerprint density at radius 2 is 1.62 bits per heavy atom. The van der Waals surface area contributed by atoms with Gasteiger partial charge in [-0.05, 0) is 60.4 Å². The van der Waals surface area contributed by atoms with Crippen LogP contribution in [0.5, 0.6) is 5.75 Å². The van der Waals surface area contributed by atoms with E-state index in [1.54, 1.807) is 7.11 Å². The average Bonchev–Trinajstić information content (AvgIpc) is 2.69. The van der Waals surface area contributed by atoms with E-state index < -0.39 is 0 Å². The molecule has 0 unspecified atom stereocenters. The van der Waals surface area contributed by atoms with Crippen molar-refractivity contribution < 1.29 is 14.2 Å². The Bertz CT molecular complexity index is 635. The summed E-state index contributed by atoms with van der Waals surface area (Å²) in [6.45, 7) is 4.50. The molecular weight excluding hydrogens is 326 g/mol. The molecule has 0 fully saturated rings. The number of hydrogen-bond acceptors (Lipinski definition) is 4. The zero-order chi connectivity index (χ0) is 18.5. The molecule has 2 rings (SSSR count). The zero-order valence-corrected chi connectivity index (χ0v) is 15.8. The number of nitrogens with zero attached hydrogens (tertiary/aromatic N) is 1. The number of unbranched alkanes of at least 4 members (excludes halogenated alkanes) is 1. The van der Waals surface area contributed by atoms with Gasteiger partial charge in [0.25, 0.3) is 0 Å². The van der Waals surface area contributed by atoms with E-state index in [1.165, 1.54) is 18.4 Å². The lowest BCUT2D eigenvalue weighted by molar-refractivity contribution is 0.0544. The Morgan fingerprint density at radius 3 is 2.31 bits per heavy atom. The van der Waals surface area contributed by atoms with Crippen molar-refractivity contribution in [3.63, 3.8) is 0 Å². The van der Waals surface area contributed by atoms with Crippen LogP contribution >= 0.6 is 0 Å². The quantitative estimate of drug-likeness (QED) is 0.405. The lowest BCUT2D eigenvalue weighted by Gasteiger charge is -2.07. The minimum Gasteiger partial charge on any atom is -0.491 e. The first-order valence-electron chi connectivity index (χ1n) is 9.24. The van der Waals surface area contributed by atoms with Crippen LogP contribution in [0.1, 0.15) is 30.9 Å². The van der Waals surface area contributed by atoms with E-state index in [0.29, 0.717) is 26.4 Å². The van der Waals surface area contributed by atoms with Gasteiger partial charge in [-0.3, -0.25) is 4.99 Å². The van der Waals surface area contributed by atoms with Crippen molar-refractivity contribution in [1.29, 1.82) is 0 Å². The third-order valence-electron chi connectivity index (χ3n) is 3.93. The van der Waals surface area contributed by atoms with E-state index >= 15 is 0 Å². The monoisotopic (exact) mass is 355 g/mol. The van der Waals surface area contributed by atoms with E-state index in [1.807, 2.05) is 30.5 Å². The minimum absolute atomic E-state index is 0.529. The molecule has 0 radical (unpaired) electrons. The maximum atomic E-state index is 5.64. The van der Waals surface area contributed by atoms with Gasteiger partial charge >= 0.3 is 0 Å². The number of aliphatic imine (C=N–C) groups is 1. The molecule has 0 aliphatic carbocycles. The fraction of sp³-hybridized carbons (Fsp3) is 0.409. The van der Waals surface area contributed by atoms with Crippen LogP contribution in [-0.4, -0.2) is 39.8 Å². The minimum atomic E-state index is 0.529. The highest BCUT2D eigenvalue weighted by Gasteiger charge is 1.96. The van der Waals surface area contributed by atoms with Gasteiger partial charge in [-0.2, -0.15) is 0 Å². The molecule has 2 aromatic rings. The van der Waals surface area contributed by atoms with Crippen molar-refractivity contribution in [2.45, 2.75) is 26.2 Å². The Balaban J connectivity index is 1.76. The lowest BCUT2D eigenvalue weighted by atomic mass is 10.1. The van der Waals surface area contributed by atoms with Gasteiger partial charge in [-0.25, -0.2) is 0 Å². The van der Waals surface area contributed by atoms with E-state index in [2.05, 4.69) is 36.2 Å². The first-order valence-corrected chi connectivity index (χ1v) is 9.24. The highest BCUT2D eigenvalue weighted by molar-refractivity contribution is 5.82. The Hall–Kier alpha value is -2.17. The van der Waals surface area contributed by atoms with Gasteiger partial charge < -0.3 is 14.2 Å². The summed E-state index contributed by atoms with van der Waals surface area (Å²) in [6.07, 6.45) is 5.47. The standard InChI is InChI=1S/C22H29NO3/c1-3-4-5-19-6-10-21(11-7-19)23-18-20-8-12-22(13-9-20)26-17-16-25-15-14-24-2/h6-13,18H,3-5,14-17H2,1-2H3. The Kier molecular flexibility index (Phi) is 9.47. The van der Waals surface area contributed by atoms with Crippen molar-refractivity contribution in [3.8, 4) is 5.75 Å². The number of rotatable bonds is 12. The first kappa shape index (κ1) is 20.1. The number of benzene rings is 2. The molecule has 0 heterocycles. The molecule has 0 aliphatic rings. The molecule has 0 atom stereocenters. The van der Waals surface area contributed by atoms with E-state index in [0.717, 1.165) is 23.4 Å². The summed E-state index contributed by atoms with van der Waals surface area (Å²) in [7, 11) is 1.66. The van der Waals surface area contributed by atoms with Crippen LogP contribution in [0.3, 0.4) is 0 Å². The summed E-state index contributed by atoms with van der Waals surface area (Å²) >= 11 is 0. The third kappa shape index (κ3) is 7.81. The summed E-state index contributed by atoms with van der Waals surface area (Å²) < 4.78 is 15.9. The van der Waals surface area contributed by atoms with Crippen LogP contribution in [0.25, 0.3) is 0 Å². The smallest absolute Gasteiger partial charge is 0.119 e. The molecule has 0 saturated carbocycles. The molecule has 4 heteroatoms. The molecule has 0 bridgehead atoms. The summed E-state index contributed by atoms with van der Waals surface area (Å²) in [5.74, 6) is 0.831. The normalized spacial score (nSPS) is 11.2. The number of ether oxygens (including phenoxy) is 3. The van der Waals surface area contributed by atoms with Gasteiger partial charge in [-0.15, -0.1) is 0 Å². The summed E-state index contributed by atoms with van der Waals surface area (Å²) in [5, 5.41) is 0. The SMILES string of the molecule is CCCCc1ccc(N=Cc2ccc(OCCOCCOC)cc2)cc1. The summed E-state index contributed by atoms with van der Waals surface area (Å²) in [5.41, 5.74) is 3.39. The van der Waals surface area contributed by atoms with E-state index in [9.17, 15) is 0 Å². The second-order valence-corrected chi connectivity index (χ2v) is 6.05. The van der Waals surface area contributed by atoms with Gasteiger partial charge in [-0.1, -0.05) is 25.5 Å². The fourth-order valence-electron chi connectivity index (χ4n) is 2.39. The number of aryl methyl sites for hydroxylation is 1. The van der Waals surface area contributed by atoms with Crippen molar-refractivity contribution in [2.75, 3.05) is 33.5 Å². The van der Waals surface area contributed by atoms with Gasteiger partial charge in [0.1, 0.15) is 12.4 Å². The maximum Gasteiger partial charge on any atom is 0.119 e. The number of hydrogen-bond donors (Lipinski definition) is 0. The lowest BCUT2D eigenvalue weighted by Crippen LogP contribution is -2.09. The molecule has 2 aromatic carbocycles. The number of methoxy groups -OCH3 is 1. The largest absolute Gasteiger partial charge is 0.491 e. The molecule has 4 nitrogen and oxygen atoms in total. The van der Waals surface area contributed by atoms with Crippen LogP contribution in [0, 0.1) is 0 Å². The Morgan fingerprint density at radius 1 is 0.885 bits per heavy atom. The maximum absolute atomic E-state index is 5.64. The van der Waals surface area contributed by atoms with Crippen LogP contribution in [0.4, 0.5) is 5.69 Å². The van der Waals surface area contributed by atoms with Crippen molar-refractivity contribution in [3.05, 3.63) is 59.7 Å². The van der Waals surface area contributed by atoms with Crippen LogP contribution in [0.15, 0.2) is 53.5 Å². The van der Waals surface area contributed by atoms with Gasteiger partial charge in [0.2, 0.25) is 0 Å². The van der Waals surface area contributed by atoms with Crippen molar-refractivity contribution in [2.24, 2.45) is 4.99 Å². The molecule has 0 saturated heterocycles. The highest BCUT2D eigenvalue weighted by Crippen LogP contribution is 2.16. The van der Waals surface area contributed by atoms with Gasteiger partial charge in [0, 0.05) is 13.3 Å². The predicted molar refractivity (Wildman–Crippen MR) is 107 cm³/mol. The topological polar surface area (TPSA) is 40.0 Å². The molecule has 0 aliphatic heterocycles.